The van der Waals surface area contributed by atoms with E-state index in [-0.39, 0.29) is 18.4 Å². The van der Waals surface area contributed by atoms with Gasteiger partial charge in [-0.15, -0.1) is 22.7 Å². The van der Waals surface area contributed by atoms with Crippen molar-refractivity contribution in [2.45, 2.75) is 26.3 Å². The number of amides is 3. The summed E-state index contributed by atoms with van der Waals surface area (Å²) in [6.45, 7) is 5.19. The first-order chi connectivity index (χ1) is 13.3. The van der Waals surface area contributed by atoms with E-state index in [1.165, 1.54) is 16.2 Å². The van der Waals surface area contributed by atoms with Crippen LogP contribution in [0.3, 0.4) is 0 Å². The van der Waals surface area contributed by atoms with Crippen molar-refractivity contribution in [3.05, 3.63) is 27.0 Å². The van der Waals surface area contributed by atoms with Crippen LogP contribution in [0.1, 0.15) is 19.5 Å². The molecule has 0 unspecified atom stereocenters. The second-order valence-corrected chi connectivity index (χ2v) is 9.44. The standard InChI is InChI=1S/C18H21BrN4O3S2/c1-11(2)20-16(25)18(26)23-5-3-22(4-6-23)15(24)8-13-10-28-17(21-13)14-7-12(19)9-27-14/h7,9-11H,3-6,8H2,1-2H3,(H,20,25). The lowest BCUT2D eigenvalue weighted by Gasteiger charge is -2.34. The average molecular weight is 485 g/mol. The Morgan fingerprint density at radius 1 is 1.14 bits per heavy atom. The van der Waals surface area contributed by atoms with Gasteiger partial charge in [-0.05, 0) is 35.8 Å². The number of carbonyl (C=O) groups excluding carboxylic acids is 3. The number of rotatable bonds is 4. The number of halogens is 1. The summed E-state index contributed by atoms with van der Waals surface area (Å²) in [6.07, 6.45) is 0.241. The molecule has 0 aromatic carbocycles. The number of piperazine rings is 1. The van der Waals surface area contributed by atoms with Gasteiger partial charge >= 0.3 is 11.8 Å². The van der Waals surface area contributed by atoms with E-state index >= 15 is 0 Å². The van der Waals surface area contributed by atoms with Gasteiger partial charge in [-0.3, -0.25) is 14.4 Å². The Morgan fingerprint density at radius 3 is 2.43 bits per heavy atom. The Labute approximate surface area is 179 Å². The minimum absolute atomic E-state index is 0.0112. The summed E-state index contributed by atoms with van der Waals surface area (Å²) < 4.78 is 1.02. The lowest BCUT2D eigenvalue weighted by molar-refractivity contribution is -0.148. The number of nitrogens with one attached hydrogen (secondary N) is 1. The molecule has 1 N–H and O–H groups in total. The second kappa shape index (κ2) is 9.15. The molecule has 1 aliphatic rings. The molecule has 1 saturated heterocycles. The van der Waals surface area contributed by atoms with Crippen LogP contribution in [0.5, 0.6) is 0 Å². The number of nitrogens with zero attached hydrogens (tertiary/aromatic N) is 3. The van der Waals surface area contributed by atoms with E-state index in [4.69, 9.17) is 0 Å². The van der Waals surface area contributed by atoms with Crippen LogP contribution in [-0.4, -0.2) is 64.7 Å². The number of carbonyl (C=O) groups is 3. The molecule has 1 fully saturated rings. The first-order valence-corrected chi connectivity index (χ1v) is 11.4. The van der Waals surface area contributed by atoms with Gasteiger partial charge < -0.3 is 15.1 Å². The van der Waals surface area contributed by atoms with Gasteiger partial charge in [0.05, 0.1) is 17.0 Å². The van der Waals surface area contributed by atoms with Crippen LogP contribution < -0.4 is 5.32 Å². The number of thiophene rings is 1. The van der Waals surface area contributed by atoms with Crippen molar-refractivity contribution in [1.82, 2.24) is 20.1 Å². The summed E-state index contributed by atoms with van der Waals surface area (Å²) in [7, 11) is 0. The minimum atomic E-state index is -0.593. The summed E-state index contributed by atoms with van der Waals surface area (Å²) in [4.78, 5) is 45.4. The monoisotopic (exact) mass is 484 g/mol. The third-order valence-corrected chi connectivity index (χ3v) is 6.95. The zero-order valence-corrected chi connectivity index (χ0v) is 18.8. The van der Waals surface area contributed by atoms with Crippen molar-refractivity contribution in [3.63, 3.8) is 0 Å². The van der Waals surface area contributed by atoms with Gasteiger partial charge in [0.15, 0.2) is 0 Å². The quantitative estimate of drug-likeness (QED) is 0.675. The fraction of sp³-hybridized carbons (Fsp3) is 0.444. The molecule has 0 spiro atoms. The molecule has 150 valence electrons. The van der Waals surface area contributed by atoms with E-state index < -0.39 is 11.8 Å². The normalized spacial score (nSPS) is 14.4. The summed E-state index contributed by atoms with van der Waals surface area (Å²) in [6, 6.07) is 1.93. The zero-order valence-electron chi connectivity index (χ0n) is 15.6. The zero-order chi connectivity index (χ0) is 20.3. The van der Waals surface area contributed by atoms with E-state index in [1.54, 1.807) is 16.2 Å². The van der Waals surface area contributed by atoms with Crippen LogP contribution in [0.2, 0.25) is 0 Å². The Kier molecular flexibility index (Phi) is 6.84. The molecule has 10 heteroatoms. The molecule has 0 bridgehead atoms. The molecule has 0 radical (unpaired) electrons. The fourth-order valence-electron chi connectivity index (χ4n) is 2.82. The topological polar surface area (TPSA) is 82.6 Å². The molecule has 2 aromatic heterocycles. The Morgan fingerprint density at radius 2 is 1.82 bits per heavy atom. The smallest absolute Gasteiger partial charge is 0.312 e. The third-order valence-electron chi connectivity index (χ3n) is 4.20. The highest BCUT2D eigenvalue weighted by Crippen LogP contribution is 2.32. The average Bonchev–Trinajstić information content (AvgIpc) is 3.29. The second-order valence-electron chi connectivity index (χ2n) is 6.75. The van der Waals surface area contributed by atoms with Crippen LogP contribution in [-0.2, 0) is 20.8 Å². The SMILES string of the molecule is CC(C)NC(=O)C(=O)N1CCN(C(=O)Cc2csc(-c3cc(Br)cs3)n2)CC1. The Hall–Kier alpha value is -1.78. The van der Waals surface area contributed by atoms with Gasteiger partial charge in [-0.2, -0.15) is 0 Å². The van der Waals surface area contributed by atoms with Crippen molar-refractivity contribution < 1.29 is 14.4 Å². The molecular weight excluding hydrogens is 464 g/mol. The molecule has 1 aliphatic heterocycles. The number of hydrogen-bond acceptors (Lipinski definition) is 6. The first kappa shape index (κ1) is 20.9. The molecule has 2 aromatic rings. The number of hydrogen-bond donors (Lipinski definition) is 1. The van der Waals surface area contributed by atoms with E-state index in [0.29, 0.717) is 26.2 Å². The van der Waals surface area contributed by atoms with E-state index in [9.17, 15) is 14.4 Å². The predicted molar refractivity (Wildman–Crippen MR) is 113 cm³/mol. The van der Waals surface area contributed by atoms with E-state index in [1.807, 2.05) is 30.7 Å². The number of aromatic nitrogens is 1. The van der Waals surface area contributed by atoms with Crippen molar-refractivity contribution in [1.29, 1.82) is 0 Å². The molecule has 0 aliphatic carbocycles. The maximum atomic E-state index is 12.6. The van der Waals surface area contributed by atoms with Gasteiger partial charge in [0.25, 0.3) is 0 Å². The van der Waals surface area contributed by atoms with Crippen molar-refractivity contribution in [3.8, 4) is 9.88 Å². The molecule has 28 heavy (non-hydrogen) atoms. The van der Waals surface area contributed by atoms with Crippen molar-refractivity contribution >= 4 is 56.3 Å². The molecule has 0 atom stereocenters. The highest BCUT2D eigenvalue weighted by atomic mass is 79.9. The maximum Gasteiger partial charge on any atom is 0.312 e. The van der Waals surface area contributed by atoms with E-state index in [0.717, 1.165) is 20.1 Å². The summed E-state index contributed by atoms with van der Waals surface area (Å²) in [5.41, 5.74) is 0.754. The molecule has 7 nitrogen and oxygen atoms in total. The lowest BCUT2D eigenvalue weighted by atomic mass is 10.2. The summed E-state index contributed by atoms with van der Waals surface area (Å²) in [5, 5.41) is 7.43. The van der Waals surface area contributed by atoms with Gasteiger partial charge in [0.2, 0.25) is 5.91 Å². The van der Waals surface area contributed by atoms with E-state index in [2.05, 4.69) is 26.2 Å². The molecule has 0 saturated carbocycles. The maximum absolute atomic E-state index is 12.6. The predicted octanol–water partition coefficient (Wildman–Crippen LogP) is 2.37. The molecule has 3 rings (SSSR count). The lowest BCUT2D eigenvalue weighted by Crippen LogP contribution is -2.54. The van der Waals surface area contributed by atoms with Crippen LogP contribution >= 0.6 is 38.6 Å². The van der Waals surface area contributed by atoms with Gasteiger partial charge in [0.1, 0.15) is 5.01 Å². The minimum Gasteiger partial charge on any atom is -0.346 e. The van der Waals surface area contributed by atoms with Crippen molar-refractivity contribution in [2.75, 3.05) is 26.2 Å². The highest BCUT2D eigenvalue weighted by molar-refractivity contribution is 9.10. The third kappa shape index (κ3) is 5.18. The molecular formula is C18H21BrN4O3S2. The van der Waals surface area contributed by atoms with Crippen LogP contribution in [0, 0.1) is 0 Å². The first-order valence-electron chi connectivity index (χ1n) is 8.90. The van der Waals surface area contributed by atoms with Crippen LogP contribution in [0.25, 0.3) is 9.88 Å². The van der Waals surface area contributed by atoms with Crippen LogP contribution in [0.4, 0.5) is 0 Å². The van der Waals surface area contributed by atoms with Gasteiger partial charge in [-0.25, -0.2) is 4.98 Å². The Balaban J connectivity index is 1.51. The Bertz CT molecular complexity index is 872. The largest absolute Gasteiger partial charge is 0.346 e. The van der Waals surface area contributed by atoms with Crippen LogP contribution in [0.15, 0.2) is 21.3 Å². The number of thiazole rings is 1. The fourth-order valence-corrected chi connectivity index (χ4v) is 5.15. The highest BCUT2D eigenvalue weighted by Gasteiger charge is 2.28. The molecule has 3 amide bonds. The van der Waals surface area contributed by atoms with Gasteiger partial charge in [0, 0.05) is 47.5 Å². The summed E-state index contributed by atoms with van der Waals surface area (Å²) >= 11 is 6.57. The molecule has 3 heterocycles. The van der Waals surface area contributed by atoms with Gasteiger partial charge in [-0.1, -0.05) is 0 Å². The van der Waals surface area contributed by atoms with Crippen molar-refractivity contribution in [2.24, 2.45) is 0 Å². The summed E-state index contributed by atoms with van der Waals surface area (Å²) in [5.74, 6) is -1.14.